The van der Waals surface area contributed by atoms with Crippen LogP contribution in [0.3, 0.4) is 0 Å². The third-order valence-corrected chi connectivity index (χ3v) is 10.8. The second-order valence-electron chi connectivity index (χ2n) is 14.1. The monoisotopic (exact) mass is 700 g/mol. The van der Waals surface area contributed by atoms with Gasteiger partial charge >= 0.3 is 0 Å². The first-order valence-electron chi connectivity index (χ1n) is 18.6. The Morgan fingerprint density at radius 2 is 0.891 bits per heavy atom. The lowest BCUT2D eigenvalue weighted by molar-refractivity contribution is 1.08. The number of para-hydroxylation sites is 1. The summed E-state index contributed by atoms with van der Waals surface area (Å²) < 4.78 is 2.43. The maximum atomic E-state index is 5.26. The standard InChI is InChI=1S/C51H32N4/c1-3-13-33(14-4-1)39-25-26-42-44(30-39)43(27-28-47(42)55-46-22-12-11-21-41(46)45-31-37-19-9-10-20-38(37)32-48(45)55)51-53-49(35-16-5-2-6-17-35)52-50(54-51)40-24-23-34-15-7-8-18-36(34)29-40/h1-32H. The molecule has 2 aromatic heterocycles. The second kappa shape index (κ2) is 12.6. The molecule has 4 heteroatoms. The zero-order chi connectivity index (χ0) is 36.3. The molecule has 256 valence electrons. The van der Waals surface area contributed by atoms with Crippen LogP contribution in [-0.4, -0.2) is 19.5 Å². The van der Waals surface area contributed by atoms with Crippen molar-refractivity contribution in [1.82, 2.24) is 19.5 Å². The van der Waals surface area contributed by atoms with Gasteiger partial charge in [-0.1, -0.05) is 152 Å². The number of fused-ring (bicyclic) bond motifs is 6. The van der Waals surface area contributed by atoms with Crippen molar-refractivity contribution in [3.63, 3.8) is 0 Å². The quantitative estimate of drug-likeness (QED) is 0.179. The summed E-state index contributed by atoms with van der Waals surface area (Å²) >= 11 is 0. The number of aromatic nitrogens is 4. The van der Waals surface area contributed by atoms with E-state index in [9.17, 15) is 0 Å². The third kappa shape index (κ3) is 5.26. The molecule has 11 rings (SSSR count). The van der Waals surface area contributed by atoms with Crippen molar-refractivity contribution in [3.05, 3.63) is 194 Å². The Bertz CT molecular complexity index is 3260. The molecule has 0 bridgehead atoms. The van der Waals surface area contributed by atoms with Crippen molar-refractivity contribution in [2.24, 2.45) is 0 Å². The molecule has 0 atom stereocenters. The summed E-state index contributed by atoms with van der Waals surface area (Å²) in [5, 5.41) is 9.41. The zero-order valence-electron chi connectivity index (χ0n) is 29.8. The van der Waals surface area contributed by atoms with Gasteiger partial charge in [0.05, 0.1) is 16.7 Å². The van der Waals surface area contributed by atoms with Gasteiger partial charge in [-0.25, -0.2) is 15.0 Å². The van der Waals surface area contributed by atoms with Crippen LogP contribution in [0, 0.1) is 0 Å². The highest BCUT2D eigenvalue weighted by molar-refractivity contribution is 6.15. The Kier molecular flexibility index (Phi) is 7.14. The first-order chi connectivity index (χ1) is 27.2. The molecule has 0 amide bonds. The first kappa shape index (κ1) is 31.1. The van der Waals surface area contributed by atoms with Crippen molar-refractivity contribution < 1.29 is 0 Å². The van der Waals surface area contributed by atoms with Crippen LogP contribution in [0.1, 0.15) is 0 Å². The number of benzene rings is 9. The second-order valence-corrected chi connectivity index (χ2v) is 14.1. The summed E-state index contributed by atoms with van der Waals surface area (Å²) in [4.78, 5) is 15.5. The van der Waals surface area contributed by atoms with Crippen LogP contribution >= 0.6 is 0 Å². The Balaban J connectivity index is 1.20. The van der Waals surface area contributed by atoms with E-state index in [0.29, 0.717) is 17.5 Å². The molecule has 2 heterocycles. The molecule has 0 fully saturated rings. The molecule has 9 aromatic carbocycles. The highest BCUT2D eigenvalue weighted by atomic mass is 15.0. The van der Waals surface area contributed by atoms with E-state index in [4.69, 9.17) is 15.0 Å². The van der Waals surface area contributed by atoms with Crippen molar-refractivity contribution in [3.8, 4) is 51.0 Å². The summed E-state index contributed by atoms with van der Waals surface area (Å²) in [6.45, 7) is 0. The van der Waals surface area contributed by atoms with E-state index >= 15 is 0 Å². The van der Waals surface area contributed by atoms with Crippen molar-refractivity contribution >= 4 is 54.1 Å². The topological polar surface area (TPSA) is 43.6 Å². The van der Waals surface area contributed by atoms with Crippen LogP contribution in [0.15, 0.2) is 194 Å². The highest BCUT2D eigenvalue weighted by Crippen LogP contribution is 2.40. The molecule has 0 radical (unpaired) electrons. The number of rotatable bonds is 5. The van der Waals surface area contributed by atoms with E-state index in [2.05, 4.69) is 180 Å². The Labute approximate surface area is 317 Å². The summed E-state index contributed by atoms with van der Waals surface area (Å²) in [5.41, 5.74) is 8.56. The zero-order valence-corrected chi connectivity index (χ0v) is 29.8. The molecule has 0 N–H and O–H groups in total. The lowest BCUT2D eigenvalue weighted by atomic mass is 9.96. The van der Waals surface area contributed by atoms with Gasteiger partial charge in [-0.15, -0.1) is 0 Å². The summed E-state index contributed by atoms with van der Waals surface area (Å²) in [6.07, 6.45) is 0. The Morgan fingerprint density at radius 3 is 1.67 bits per heavy atom. The van der Waals surface area contributed by atoms with Gasteiger partial charge in [-0.2, -0.15) is 0 Å². The summed E-state index contributed by atoms with van der Waals surface area (Å²) in [7, 11) is 0. The molecular weight excluding hydrogens is 669 g/mol. The van der Waals surface area contributed by atoms with Gasteiger partial charge in [0, 0.05) is 32.8 Å². The molecule has 55 heavy (non-hydrogen) atoms. The van der Waals surface area contributed by atoms with Gasteiger partial charge in [-0.3, -0.25) is 0 Å². The average Bonchev–Trinajstić information content (AvgIpc) is 3.58. The van der Waals surface area contributed by atoms with Crippen LogP contribution < -0.4 is 0 Å². The first-order valence-corrected chi connectivity index (χ1v) is 18.6. The predicted molar refractivity (Wildman–Crippen MR) is 228 cm³/mol. The SMILES string of the molecule is c1ccc(-c2ccc3c(-n4c5ccccc5c5cc6ccccc6cc54)ccc(-c4nc(-c5ccccc5)nc(-c5ccc6ccccc6c5)n4)c3c2)cc1. The molecule has 0 unspecified atom stereocenters. The van der Waals surface area contributed by atoms with E-state index in [-0.39, 0.29) is 0 Å². The van der Waals surface area contributed by atoms with Gasteiger partial charge in [0.15, 0.2) is 17.5 Å². The smallest absolute Gasteiger partial charge is 0.164 e. The number of hydrogen-bond acceptors (Lipinski definition) is 3. The molecule has 0 saturated carbocycles. The largest absolute Gasteiger partial charge is 0.309 e. The molecule has 0 aliphatic heterocycles. The minimum absolute atomic E-state index is 0.631. The molecule has 0 aliphatic carbocycles. The highest BCUT2D eigenvalue weighted by Gasteiger charge is 2.20. The number of hydrogen-bond donors (Lipinski definition) is 0. The van der Waals surface area contributed by atoms with Gasteiger partial charge in [0.25, 0.3) is 0 Å². The number of nitrogens with zero attached hydrogens (tertiary/aromatic N) is 4. The van der Waals surface area contributed by atoms with Gasteiger partial charge in [-0.05, 0) is 80.5 Å². The maximum absolute atomic E-state index is 5.26. The molecular formula is C51H32N4. The minimum atomic E-state index is 0.631. The van der Waals surface area contributed by atoms with Crippen LogP contribution in [0.25, 0.3) is 105 Å². The molecule has 0 saturated heterocycles. The maximum Gasteiger partial charge on any atom is 0.164 e. The van der Waals surface area contributed by atoms with Crippen LogP contribution in [-0.2, 0) is 0 Å². The van der Waals surface area contributed by atoms with Crippen LogP contribution in [0.5, 0.6) is 0 Å². The van der Waals surface area contributed by atoms with E-state index < -0.39 is 0 Å². The minimum Gasteiger partial charge on any atom is -0.309 e. The fraction of sp³-hybridized carbons (Fsp3) is 0. The average molecular weight is 701 g/mol. The van der Waals surface area contributed by atoms with Crippen molar-refractivity contribution in [2.75, 3.05) is 0 Å². The van der Waals surface area contributed by atoms with Gasteiger partial charge in [0.2, 0.25) is 0 Å². The van der Waals surface area contributed by atoms with E-state index in [1.807, 2.05) is 18.2 Å². The summed E-state index contributed by atoms with van der Waals surface area (Å²) in [5.74, 6) is 1.91. The van der Waals surface area contributed by atoms with Gasteiger partial charge in [0.1, 0.15) is 0 Å². The molecule has 11 aromatic rings. The summed E-state index contributed by atoms with van der Waals surface area (Å²) in [6, 6.07) is 68.8. The van der Waals surface area contributed by atoms with Crippen molar-refractivity contribution in [2.45, 2.75) is 0 Å². The molecule has 4 nitrogen and oxygen atoms in total. The normalized spacial score (nSPS) is 11.6. The Hall–Kier alpha value is -7.43. The Morgan fingerprint density at radius 1 is 0.291 bits per heavy atom. The van der Waals surface area contributed by atoms with Crippen LogP contribution in [0.4, 0.5) is 0 Å². The third-order valence-electron chi connectivity index (χ3n) is 10.8. The molecule has 0 spiro atoms. The lowest BCUT2D eigenvalue weighted by Gasteiger charge is -2.16. The van der Waals surface area contributed by atoms with Crippen molar-refractivity contribution in [1.29, 1.82) is 0 Å². The predicted octanol–water partition coefficient (Wildman–Crippen LogP) is 13.1. The van der Waals surface area contributed by atoms with E-state index in [1.165, 1.54) is 38.0 Å². The van der Waals surface area contributed by atoms with E-state index in [0.717, 1.165) is 49.7 Å². The molecule has 0 aliphatic rings. The van der Waals surface area contributed by atoms with Crippen LogP contribution in [0.2, 0.25) is 0 Å². The van der Waals surface area contributed by atoms with Gasteiger partial charge < -0.3 is 4.57 Å². The lowest BCUT2D eigenvalue weighted by Crippen LogP contribution is -2.02. The fourth-order valence-electron chi connectivity index (χ4n) is 8.12. The fourth-order valence-corrected chi connectivity index (χ4v) is 8.12. The van der Waals surface area contributed by atoms with E-state index in [1.54, 1.807) is 0 Å².